The number of benzene rings is 2. The first kappa shape index (κ1) is 35.7. The Morgan fingerprint density at radius 1 is 0.698 bits per heavy atom. The zero-order chi connectivity index (χ0) is 31.3. The maximum Gasteiger partial charge on any atom is 0.416 e. The summed E-state index contributed by atoms with van der Waals surface area (Å²) in [5.74, 6) is -1.08. The number of carbonyl (C=O) groups is 2. The van der Waals surface area contributed by atoms with E-state index >= 15 is 0 Å². The van der Waals surface area contributed by atoms with Gasteiger partial charge in [-0.15, -0.1) is 0 Å². The second-order valence-electron chi connectivity index (χ2n) is 8.86. The van der Waals surface area contributed by atoms with Crippen molar-refractivity contribution in [1.82, 2.24) is 0 Å². The van der Waals surface area contributed by atoms with E-state index in [1.807, 2.05) is 0 Å². The molecule has 2 aromatic rings. The van der Waals surface area contributed by atoms with Crippen LogP contribution in [0.15, 0.2) is 60.7 Å². The molecule has 0 spiro atoms. The van der Waals surface area contributed by atoms with Gasteiger partial charge in [0.1, 0.15) is 13.2 Å². The van der Waals surface area contributed by atoms with Gasteiger partial charge in [-0.25, -0.2) is 9.59 Å². The lowest BCUT2D eigenvalue weighted by Crippen LogP contribution is -2.16. The lowest BCUT2D eigenvalue weighted by molar-refractivity contribution is -0.140. The molecule has 238 valence electrons. The number of esters is 2. The molecule has 0 bridgehead atoms. The van der Waals surface area contributed by atoms with Crippen LogP contribution in [0.4, 0.5) is 24.5 Å². The van der Waals surface area contributed by atoms with Gasteiger partial charge in [0.2, 0.25) is 0 Å². The molecule has 2 aromatic carbocycles. The van der Waals surface area contributed by atoms with E-state index in [9.17, 15) is 22.8 Å². The molecule has 0 saturated carbocycles. The first-order valence-electron chi connectivity index (χ1n) is 13.6. The maximum atomic E-state index is 13.0. The SMILES string of the molecule is C=C(C)C(=O)OCCOCCOCCOCCOCCOCCOC(=O)c1ccccc1Nc1cccc(C(F)(F)F)c1. The maximum absolute atomic E-state index is 13.0. The number of ether oxygens (including phenoxy) is 7. The van der Waals surface area contributed by atoms with Crippen LogP contribution in [0.3, 0.4) is 0 Å². The Balaban J connectivity index is 1.45. The number of nitrogens with one attached hydrogen (secondary N) is 1. The van der Waals surface area contributed by atoms with Crippen LogP contribution in [0.25, 0.3) is 0 Å². The minimum absolute atomic E-state index is 0.00661. The van der Waals surface area contributed by atoms with E-state index in [0.717, 1.165) is 12.1 Å². The van der Waals surface area contributed by atoms with Crippen LogP contribution in [-0.4, -0.2) is 91.2 Å². The molecule has 0 amide bonds. The predicted molar refractivity (Wildman–Crippen MR) is 151 cm³/mol. The molecule has 2 rings (SSSR count). The molecule has 0 aromatic heterocycles. The van der Waals surface area contributed by atoms with Crippen molar-refractivity contribution in [2.45, 2.75) is 13.1 Å². The molecule has 0 fully saturated rings. The quantitative estimate of drug-likeness (QED) is 0.113. The van der Waals surface area contributed by atoms with Gasteiger partial charge in [0, 0.05) is 11.3 Å². The molecule has 13 heteroatoms. The normalized spacial score (nSPS) is 11.3. The summed E-state index contributed by atoms with van der Waals surface area (Å²) in [4.78, 5) is 23.7. The molecule has 43 heavy (non-hydrogen) atoms. The monoisotopic (exact) mass is 613 g/mol. The molecule has 1 N–H and O–H groups in total. The van der Waals surface area contributed by atoms with E-state index in [2.05, 4.69) is 11.9 Å². The van der Waals surface area contributed by atoms with Crippen molar-refractivity contribution < 1.29 is 55.9 Å². The molecule has 0 atom stereocenters. The summed E-state index contributed by atoms with van der Waals surface area (Å²) in [6.07, 6.45) is -4.48. The van der Waals surface area contributed by atoms with Gasteiger partial charge in [0.25, 0.3) is 0 Å². The molecular formula is C30H38F3NO9. The van der Waals surface area contributed by atoms with Crippen LogP contribution in [0, 0.1) is 0 Å². The molecule has 0 saturated heterocycles. The molecule has 0 heterocycles. The standard InChI is InChI=1S/C30H38F3NO9/c1-23(2)28(35)42-20-18-40-16-14-38-12-10-37-11-13-39-15-17-41-19-21-43-29(36)26-8-3-4-9-27(26)34-25-7-5-6-24(22-25)30(31,32)33/h3-9,22,34H,1,10-21H2,2H3. The van der Waals surface area contributed by atoms with Crippen molar-refractivity contribution in [3.05, 3.63) is 71.8 Å². The van der Waals surface area contributed by atoms with Crippen molar-refractivity contribution in [2.75, 3.05) is 84.6 Å². The van der Waals surface area contributed by atoms with Crippen LogP contribution < -0.4 is 5.32 Å². The van der Waals surface area contributed by atoms with Crippen LogP contribution in [0.5, 0.6) is 0 Å². The molecule has 0 aliphatic rings. The van der Waals surface area contributed by atoms with Gasteiger partial charge in [0.05, 0.1) is 82.9 Å². The van der Waals surface area contributed by atoms with Gasteiger partial charge < -0.3 is 38.5 Å². The highest BCUT2D eigenvalue weighted by atomic mass is 19.4. The summed E-state index contributed by atoms with van der Waals surface area (Å²) in [5, 5.41) is 2.85. The van der Waals surface area contributed by atoms with Gasteiger partial charge in [-0.3, -0.25) is 0 Å². The zero-order valence-corrected chi connectivity index (χ0v) is 24.1. The van der Waals surface area contributed by atoms with E-state index in [-0.39, 0.29) is 37.7 Å². The highest BCUT2D eigenvalue weighted by molar-refractivity contribution is 5.96. The first-order valence-corrected chi connectivity index (χ1v) is 13.6. The van der Waals surface area contributed by atoms with Crippen molar-refractivity contribution in [3.63, 3.8) is 0 Å². The summed E-state index contributed by atoms with van der Waals surface area (Å²) < 4.78 is 76.0. The third-order valence-electron chi connectivity index (χ3n) is 5.37. The zero-order valence-electron chi connectivity index (χ0n) is 24.1. The number of para-hydroxylation sites is 1. The lowest BCUT2D eigenvalue weighted by atomic mass is 10.1. The third-order valence-corrected chi connectivity index (χ3v) is 5.37. The molecule has 0 aliphatic heterocycles. The van der Waals surface area contributed by atoms with Gasteiger partial charge in [-0.1, -0.05) is 24.8 Å². The van der Waals surface area contributed by atoms with Crippen molar-refractivity contribution in [2.24, 2.45) is 0 Å². The molecular weight excluding hydrogens is 575 g/mol. The van der Waals surface area contributed by atoms with E-state index in [0.29, 0.717) is 64.1 Å². The highest BCUT2D eigenvalue weighted by Crippen LogP contribution is 2.32. The smallest absolute Gasteiger partial charge is 0.416 e. The number of anilines is 2. The summed E-state index contributed by atoms with van der Waals surface area (Å²) >= 11 is 0. The van der Waals surface area contributed by atoms with Gasteiger partial charge in [-0.05, 0) is 37.3 Å². The molecule has 0 aliphatic carbocycles. The van der Waals surface area contributed by atoms with Crippen molar-refractivity contribution in [1.29, 1.82) is 0 Å². The summed E-state index contributed by atoms with van der Waals surface area (Å²) in [5.41, 5.74) is 0.237. The average molecular weight is 614 g/mol. The highest BCUT2D eigenvalue weighted by Gasteiger charge is 2.30. The number of halogens is 3. The number of alkyl halides is 3. The number of carbonyl (C=O) groups excluding carboxylic acids is 2. The number of rotatable bonds is 22. The fraction of sp³-hybridized carbons (Fsp3) is 0.467. The average Bonchev–Trinajstić information content (AvgIpc) is 2.98. The second kappa shape index (κ2) is 20.4. The van der Waals surface area contributed by atoms with E-state index in [1.165, 1.54) is 18.2 Å². The Hall–Kier alpha value is -3.49. The largest absolute Gasteiger partial charge is 0.460 e. The summed E-state index contributed by atoms with van der Waals surface area (Å²) in [6.45, 7) is 8.62. The van der Waals surface area contributed by atoms with Gasteiger partial charge >= 0.3 is 18.1 Å². The third kappa shape index (κ3) is 15.5. The first-order chi connectivity index (χ1) is 20.7. The van der Waals surface area contributed by atoms with E-state index in [4.69, 9.17) is 33.2 Å². The Bertz CT molecular complexity index is 1130. The van der Waals surface area contributed by atoms with Crippen molar-refractivity contribution in [3.8, 4) is 0 Å². The molecule has 10 nitrogen and oxygen atoms in total. The Morgan fingerprint density at radius 3 is 1.70 bits per heavy atom. The second-order valence-corrected chi connectivity index (χ2v) is 8.86. The Labute approximate surface area is 249 Å². The molecule has 0 unspecified atom stereocenters. The summed E-state index contributed by atoms with van der Waals surface area (Å²) in [7, 11) is 0. The molecule has 0 radical (unpaired) electrons. The van der Waals surface area contributed by atoms with Crippen molar-refractivity contribution >= 4 is 23.3 Å². The van der Waals surface area contributed by atoms with E-state index in [1.54, 1.807) is 25.1 Å². The van der Waals surface area contributed by atoms with E-state index < -0.39 is 23.7 Å². The lowest BCUT2D eigenvalue weighted by Gasteiger charge is -2.13. The van der Waals surface area contributed by atoms with Crippen LogP contribution >= 0.6 is 0 Å². The van der Waals surface area contributed by atoms with Crippen LogP contribution in [-0.2, 0) is 44.1 Å². The fourth-order valence-electron chi connectivity index (χ4n) is 3.27. The minimum atomic E-state index is -4.48. The number of hydrogen-bond acceptors (Lipinski definition) is 10. The topological polar surface area (TPSA) is 111 Å². The van der Waals surface area contributed by atoms with Gasteiger partial charge in [-0.2, -0.15) is 13.2 Å². The minimum Gasteiger partial charge on any atom is -0.460 e. The van der Waals surface area contributed by atoms with Gasteiger partial charge in [0.15, 0.2) is 0 Å². The number of hydrogen-bond donors (Lipinski definition) is 1. The fourth-order valence-corrected chi connectivity index (χ4v) is 3.27. The van der Waals surface area contributed by atoms with Crippen LogP contribution in [0.2, 0.25) is 0 Å². The summed E-state index contributed by atoms with van der Waals surface area (Å²) in [6, 6.07) is 11.1. The Morgan fingerprint density at radius 2 is 1.19 bits per heavy atom. The van der Waals surface area contributed by atoms with Crippen LogP contribution in [0.1, 0.15) is 22.8 Å². The Kier molecular flexibility index (Phi) is 17.0. The predicted octanol–water partition coefficient (Wildman–Crippen LogP) is 4.81.